The van der Waals surface area contributed by atoms with Gasteiger partial charge >= 0.3 is 6.03 Å². The summed E-state index contributed by atoms with van der Waals surface area (Å²) < 4.78 is 0. The zero-order valence-electron chi connectivity index (χ0n) is 18.1. The molecule has 1 unspecified atom stereocenters. The van der Waals surface area contributed by atoms with Crippen LogP contribution in [-0.2, 0) is 4.79 Å². The van der Waals surface area contributed by atoms with E-state index < -0.39 is 0 Å². The highest BCUT2D eigenvalue weighted by Gasteiger charge is 2.34. The predicted molar refractivity (Wildman–Crippen MR) is 112 cm³/mol. The van der Waals surface area contributed by atoms with Crippen molar-refractivity contribution < 1.29 is 9.59 Å². The van der Waals surface area contributed by atoms with E-state index in [0.29, 0.717) is 24.8 Å². The number of nitrogens with zero attached hydrogens (tertiary/aromatic N) is 4. The molecule has 0 aromatic rings. The minimum Gasteiger partial charge on any atom is -0.341 e. The van der Waals surface area contributed by atoms with Gasteiger partial charge in [0.2, 0.25) is 5.91 Å². The molecule has 3 aliphatic rings. The van der Waals surface area contributed by atoms with Crippen molar-refractivity contribution in [1.82, 2.24) is 19.6 Å². The van der Waals surface area contributed by atoms with E-state index in [-0.39, 0.29) is 12.1 Å². The van der Waals surface area contributed by atoms with Gasteiger partial charge in [-0.05, 0) is 51.1 Å². The van der Waals surface area contributed by atoms with Crippen LogP contribution in [0.25, 0.3) is 0 Å². The van der Waals surface area contributed by atoms with Crippen molar-refractivity contribution in [3.8, 4) is 0 Å². The maximum atomic E-state index is 12.8. The molecule has 3 rings (SSSR count). The third-order valence-corrected chi connectivity index (χ3v) is 6.88. The number of hydrogen-bond donors (Lipinski definition) is 0. The topological polar surface area (TPSA) is 47.1 Å². The molecule has 6 heteroatoms. The average Bonchev–Trinajstić information content (AvgIpc) is 3.19. The van der Waals surface area contributed by atoms with Crippen LogP contribution in [-0.4, -0.2) is 90.9 Å². The molecule has 1 atom stereocenters. The van der Waals surface area contributed by atoms with Crippen LogP contribution in [0.1, 0.15) is 64.2 Å². The number of likely N-dealkylation sites (tertiary alicyclic amines) is 2. The molecule has 0 N–H and O–H groups in total. The molecule has 2 saturated heterocycles. The molecule has 1 saturated carbocycles. The molecule has 3 amide bonds. The first-order valence-electron chi connectivity index (χ1n) is 11.5. The molecule has 3 fully saturated rings. The van der Waals surface area contributed by atoms with E-state index in [0.717, 1.165) is 39.1 Å². The van der Waals surface area contributed by atoms with E-state index in [4.69, 9.17) is 0 Å². The number of rotatable bonds is 6. The van der Waals surface area contributed by atoms with Crippen LogP contribution in [0.4, 0.5) is 4.79 Å². The van der Waals surface area contributed by atoms with Gasteiger partial charge in [-0.25, -0.2) is 4.79 Å². The standard InChI is InChI=1S/C22H40N4O2/c1-23(2)22(28)26(16-15-24-12-7-4-8-13-24)20-11-14-25(18-20)21(27)17-19-9-5-3-6-10-19/h19-20H,3-18H2,1-2H3. The number of carbonyl (C=O) groups excluding carboxylic acids is 2. The first-order chi connectivity index (χ1) is 13.5. The Labute approximate surface area is 171 Å². The summed E-state index contributed by atoms with van der Waals surface area (Å²) in [5.41, 5.74) is 0. The van der Waals surface area contributed by atoms with Gasteiger partial charge in [0, 0.05) is 46.7 Å². The Bertz CT molecular complexity index is 513. The Kier molecular flexibility index (Phi) is 8.00. The van der Waals surface area contributed by atoms with Gasteiger partial charge in [-0.2, -0.15) is 0 Å². The number of urea groups is 1. The zero-order chi connectivity index (χ0) is 19.9. The van der Waals surface area contributed by atoms with Crippen LogP contribution >= 0.6 is 0 Å². The lowest BCUT2D eigenvalue weighted by molar-refractivity contribution is -0.131. The maximum Gasteiger partial charge on any atom is 0.319 e. The second kappa shape index (κ2) is 10.5. The average molecular weight is 393 g/mol. The molecule has 1 aliphatic carbocycles. The molecule has 0 radical (unpaired) electrons. The molecule has 6 nitrogen and oxygen atoms in total. The molecular formula is C22H40N4O2. The van der Waals surface area contributed by atoms with Crippen LogP contribution < -0.4 is 0 Å². The van der Waals surface area contributed by atoms with Crippen molar-refractivity contribution in [3.05, 3.63) is 0 Å². The third kappa shape index (κ3) is 5.85. The summed E-state index contributed by atoms with van der Waals surface area (Å²) >= 11 is 0. The molecule has 2 heterocycles. The smallest absolute Gasteiger partial charge is 0.319 e. The predicted octanol–water partition coefficient (Wildman–Crippen LogP) is 3.03. The van der Waals surface area contributed by atoms with Crippen LogP contribution in [0.15, 0.2) is 0 Å². The summed E-state index contributed by atoms with van der Waals surface area (Å²) in [5.74, 6) is 0.890. The lowest BCUT2D eigenvalue weighted by atomic mass is 9.87. The largest absolute Gasteiger partial charge is 0.341 e. The fourth-order valence-electron chi connectivity index (χ4n) is 5.11. The van der Waals surface area contributed by atoms with E-state index in [1.54, 1.807) is 4.90 Å². The molecular weight excluding hydrogens is 352 g/mol. The number of piperidine rings is 1. The van der Waals surface area contributed by atoms with E-state index >= 15 is 0 Å². The van der Waals surface area contributed by atoms with Gasteiger partial charge in [0.15, 0.2) is 0 Å². The van der Waals surface area contributed by atoms with Crippen LogP contribution in [0.5, 0.6) is 0 Å². The minimum absolute atomic E-state index is 0.0867. The first-order valence-corrected chi connectivity index (χ1v) is 11.5. The van der Waals surface area contributed by atoms with Gasteiger partial charge < -0.3 is 19.6 Å². The van der Waals surface area contributed by atoms with Gasteiger partial charge in [-0.3, -0.25) is 4.79 Å². The Hall–Kier alpha value is -1.30. The molecule has 0 spiro atoms. The highest BCUT2D eigenvalue weighted by molar-refractivity contribution is 5.77. The van der Waals surface area contributed by atoms with Gasteiger partial charge in [-0.15, -0.1) is 0 Å². The van der Waals surface area contributed by atoms with Crippen molar-refractivity contribution in [2.75, 3.05) is 53.4 Å². The number of hydrogen-bond acceptors (Lipinski definition) is 3. The van der Waals surface area contributed by atoms with Crippen molar-refractivity contribution >= 4 is 11.9 Å². The van der Waals surface area contributed by atoms with Crippen LogP contribution in [0.2, 0.25) is 0 Å². The number of amides is 3. The zero-order valence-corrected chi connectivity index (χ0v) is 18.1. The number of carbonyl (C=O) groups is 2. The van der Waals surface area contributed by atoms with E-state index in [2.05, 4.69) is 4.90 Å². The van der Waals surface area contributed by atoms with Crippen molar-refractivity contribution in [2.24, 2.45) is 5.92 Å². The molecule has 0 aromatic carbocycles. The monoisotopic (exact) mass is 392 g/mol. The summed E-state index contributed by atoms with van der Waals surface area (Å²) in [7, 11) is 3.66. The molecule has 0 bridgehead atoms. The SMILES string of the molecule is CN(C)C(=O)N(CCN1CCCCC1)C1CCN(C(=O)CC2CCCCC2)C1. The fourth-order valence-corrected chi connectivity index (χ4v) is 5.11. The summed E-state index contributed by atoms with van der Waals surface area (Å²) in [4.78, 5) is 33.8. The van der Waals surface area contributed by atoms with Crippen molar-refractivity contribution in [3.63, 3.8) is 0 Å². The van der Waals surface area contributed by atoms with Crippen molar-refractivity contribution in [2.45, 2.75) is 70.3 Å². The van der Waals surface area contributed by atoms with E-state index in [1.807, 2.05) is 23.9 Å². The van der Waals surface area contributed by atoms with E-state index in [1.165, 1.54) is 51.4 Å². The van der Waals surface area contributed by atoms with Gasteiger partial charge in [0.25, 0.3) is 0 Å². The summed E-state index contributed by atoms with van der Waals surface area (Å²) in [6.07, 6.45) is 11.8. The quantitative estimate of drug-likeness (QED) is 0.698. The van der Waals surface area contributed by atoms with Crippen LogP contribution in [0.3, 0.4) is 0 Å². The summed E-state index contributed by atoms with van der Waals surface area (Å²) in [6.45, 7) is 5.54. The second-order valence-electron chi connectivity index (χ2n) is 9.26. The normalized spacial score (nSPS) is 24.4. The first kappa shape index (κ1) is 21.4. The lowest BCUT2D eigenvalue weighted by Crippen LogP contribution is -2.50. The second-order valence-corrected chi connectivity index (χ2v) is 9.26. The highest BCUT2D eigenvalue weighted by atomic mass is 16.2. The molecule has 28 heavy (non-hydrogen) atoms. The van der Waals surface area contributed by atoms with Gasteiger partial charge in [0.05, 0.1) is 6.04 Å². The minimum atomic E-state index is 0.0867. The lowest BCUT2D eigenvalue weighted by Gasteiger charge is -2.34. The van der Waals surface area contributed by atoms with Gasteiger partial charge in [0.1, 0.15) is 0 Å². The molecule has 2 aliphatic heterocycles. The third-order valence-electron chi connectivity index (χ3n) is 6.88. The summed E-state index contributed by atoms with van der Waals surface area (Å²) in [6, 6.07) is 0.249. The highest BCUT2D eigenvalue weighted by Crippen LogP contribution is 2.28. The Morgan fingerprint density at radius 1 is 0.893 bits per heavy atom. The Morgan fingerprint density at radius 3 is 2.25 bits per heavy atom. The van der Waals surface area contributed by atoms with Crippen LogP contribution in [0, 0.1) is 5.92 Å². The Morgan fingerprint density at radius 2 is 1.57 bits per heavy atom. The maximum absolute atomic E-state index is 12.8. The molecule has 160 valence electrons. The Balaban J connectivity index is 1.52. The summed E-state index contributed by atoms with van der Waals surface area (Å²) in [5, 5.41) is 0. The van der Waals surface area contributed by atoms with Gasteiger partial charge in [-0.1, -0.05) is 25.7 Å². The van der Waals surface area contributed by atoms with E-state index in [9.17, 15) is 9.59 Å². The molecule has 0 aromatic heterocycles. The van der Waals surface area contributed by atoms with Crippen molar-refractivity contribution in [1.29, 1.82) is 0 Å². The fraction of sp³-hybridized carbons (Fsp3) is 0.909.